The van der Waals surface area contributed by atoms with Crippen molar-refractivity contribution in [2.45, 2.75) is 12.5 Å². The summed E-state index contributed by atoms with van der Waals surface area (Å²) in [5.74, 6) is 0. The summed E-state index contributed by atoms with van der Waals surface area (Å²) in [6, 6.07) is 1.91. The Labute approximate surface area is 110 Å². The van der Waals surface area contributed by atoms with Gasteiger partial charge < -0.3 is 5.32 Å². The molecule has 1 N–H and O–H groups in total. The molecule has 1 saturated heterocycles. The number of piperazine rings is 1. The minimum absolute atomic E-state index is 0.217. The van der Waals surface area contributed by atoms with E-state index >= 15 is 0 Å². The second kappa shape index (κ2) is 6.08. The number of rotatable bonds is 5. The molecule has 0 spiro atoms. The Hall–Kier alpha value is -1.24. The minimum Gasteiger partial charge on any atom is -0.314 e. The standard InChI is InChI=1S/C12H17N3O2S/c1-2-3-11(14-6-4-13-5-7-14)10-8-12(15(16)17)18-9-10/h2,8-9,11,13H,1,3-7H2/t11-/m0/s1. The zero-order valence-electron chi connectivity index (χ0n) is 10.2. The molecule has 18 heavy (non-hydrogen) atoms. The molecule has 1 aromatic heterocycles. The Bertz CT molecular complexity index is 427. The Kier molecular flexibility index (Phi) is 4.46. The smallest absolute Gasteiger partial charge is 0.314 e. The molecule has 1 aliphatic heterocycles. The van der Waals surface area contributed by atoms with E-state index in [-0.39, 0.29) is 16.0 Å². The van der Waals surface area contributed by atoms with Gasteiger partial charge in [0.05, 0.1) is 4.92 Å². The van der Waals surface area contributed by atoms with Crippen LogP contribution in [0.4, 0.5) is 5.00 Å². The van der Waals surface area contributed by atoms with E-state index in [1.165, 1.54) is 11.3 Å². The Morgan fingerprint density at radius 1 is 1.61 bits per heavy atom. The van der Waals surface area contributed by atoms with Crippen LogP contribution in [-0.4, -0.2) is 36.0 Å². The SMILES string of the molecule is C=CC[C@@H](c1csc([N+](=O)[O-])c1)N1CCNCC1. The molecule has 0 saturated carbocycles. The summed E-state index contributed by atoms with van der Waals surface area (Å²) < 4.78 is 0. The maximum Gasteiger partial charge on any atom is 0.324 e. The molecule has 0 unspecified atom stereocenters. The maximum atomic E-state index is 10.7. The van der Waals surface area contributed by atoms with Crippen LogP contribution in [-0.2, 0) is 0 Å². The number of nitrogens with one attached hydrogen (secondary N) is 1. The maximum absolute atomic E-state index is 10.7. The molecule has 0 radical (unpaired) electrons. The van der Waals surface area contributed by atoms with E-state index in [0.717, 1.165) is 38.2 Å². The lowest BCUT2D eigenvalue weighted by molar-refractivity contribution is -0.380. The van der Waals surface area contributed by atoms with Gasteiger partial charge in [0.25, 0.3) is 0 Å². The van der Waals surface area contributed by atoms with Crippen LogP contribution in [0.15, 0.2) is 24.1 Å². The van der Waals surface area contributed by atoms with E-state index in [1.54, 1.807) is 6.07 Å². The van der Waals surface area contributed by atoms with Crippen LogP contribution >= 0.6 is 11.3 Å². The quantitative estimate of drug-likeness (QED) is 0.504. The third-order valence-electron chi connectivity index (χ3n) is 3.15. The molecule has 1 atom stereocenters. The van der Waals surface area contributed by atoms with E-state index < -0.39 is 0 Å². The lowest BCUT2D eigenvalue weighted by Gasteiger charge is -2.34. The van der Waals surface area contributed by atoms with Gasteiger partial charge in [-0.2, -0.15) is 0 Å². The van der Waals surface area contributed by atoms with Crippen molar-refractivity contribution in [2.24, 2.45) is 0 Å². The Morgan fingerprint density at radius 2 is 2.33 bits per heavy atom. The van der Waals surface area contributed by atoms with Gasteiger partial charge in [-0.1, -0.05) is 17.4 Å². The van der Waals surface area contributed by atoms with Crippen LogP contribution in [0, 0.1) is 10.1 Å². The number of nitrogens with zero attached hydrogens (tertiary/aromatic N) is 2. The predicted molar refractivity (Wildman–Crippen MR) is 73.0 cm³/mol. The fourth-order valence-corrected chi connectivity index (χ4v) is 3.03. The molecule has 2 heterocycles. The molecular weight excluding hydrogens is 250 g/mol. The first kappa shape index (κ1) is 13.2. The van der Waals surface area contributed by atoms with Crippen molar-refractivity contribution >= 4 is 16.3 Å². The summed E-state index contributed by atoms with van der Waals surface area (Å²) in [5.41, 5.74) is 1.04. The molecule has 0 bridgehead atoms. The summed E-state index contributed by atoms with van der Waals surface area (Å²) >= 11 is 1.20. The van der Waals surface area contributed by atoms with Crippen molar-refractivity contribution in [1.82, 2.24) is 10.2 Å². The molecule has 1 fully saturated rings. The highest BCUT2D eigenvalue weighted by molar-refractivity contribution is 7.13. The monoisotopic (exact) mass is 267 g/mol. The highest BCUT2D eigenvalue weighted by Gasteiger charge is 2.23. The number of hydrogen-bond acceptors (Lipinski definition) is 5. The van der Waals surface area contributed by atoms with Crippen molar-refractivity contribution in [3.8, 4) is 0 Å². The Balaban J connectivity index is 2.16. The van der Waals surface area contributed by atoms with Crippen molar-refractivity contribution in [2.75, 3.05) is 26.2 Å². The molecule has 2 rings (SSSR count). The van der Waals surface area contributed by atoms with Crippen LogP contribution in [0.2, 0.25) is 0 Å². The lowest BCUT2D eigenvalue weighted by Crippen LogP contribution is -2.45. The fourth-order valence-electron chi connectivity index (χ4n) is 2.26. The summed E-state index contributed by atoms with van der Waals surface area (Å²) in [6.07, 6.45) is 2.71. The van der Waals surface area contributed by atoms with E-state index in [1.807, 2.05) is 11.5 Å². The highest BCUT2D eigenvalue weighted by Crippen LogP contribution is 2.32. The van der Waals surface area contributed by atoms with Crippen LogP contribution in [0.5, 0.6) is 0 Å². The van der Waals surface area contributed by atoms with Gasteiger partial charge in [-0.25, -0.2) is 0 Å². The van der Waals surface area contributed by atoms with Crippen LogP contribution in [0.25, 0.3) is 0 Å². The predicted octanol–water partition coefficient (Wildman–Crippen LogP) is 2.18. The topological polar surface area (TPSA) is 58.4 Å². The van der Waals surface area contributed by atoms with Gasteiger partial charge in [-0.15, -0.1) is 6.58 Å². The first-order chi connectivity index (χ1) is 8.72. The van der Waals surface area contributed by atoms with Crippen molar-refractivity contribution in [3.63, 3.8) is 0 Å². The molecule has 5 nitrogen and oxygen atoms in total. The average molecular weight is 267 g/mol. The normalized spacial score (nSPS) is 18.4. The minimum atomic E-state index is -0.323. The lowest BCUT2D eigenvalue weighted by atomic mass is 10.0. The van der Waals surface area contributed by atoms with Crippen LogP contribution in [0.3, 0.4) is 0 Å². The summed E-state index contributed by atoms with van der Waals surface area (Å²) in [4.78, 5) is 12.8. The van der Waals surface area contributed by atoms with E-state index in [0.29, 0.717) is 0 Å². The van der Waals surface area contributed by atoms with Gasteiger partial charge in [-0.05, 0) is 12.0 Å². The second-order valence-electron chi connectivity index (χ2n) is 4.30. The van der Waals surface area contributed by atoms with Crippen molar-refractivity contribution in [1.29, 1.82) is 0 Å². The number of thiophene rings is 1. The number of hydrogen-bond donors (Lipinski definition) is 1. The highest BCUT2D eigenvalue weighted by atomic mass is 32.1. The second-order valence-corrected chi connectivity index (χ2v) is 5.19. The van der Waals surface area contributed by atoms with Gasteiger partial charge in [-0.3, -0.25) is 15.0 Å². The van der Waals surface area contributed by atoms with Gasteiger partial charge in [0.2, 0.25) is 0 Å². The first-order valence-corrected chi connectivity index (χ1v) is 6.89. The van der Waals surface area contributed by atoms with Gasteiger partial charge in [0.15, 0.2) is 0 Å². The average Bonchev–Trinajstić information content (AvgIpc) is 2.86. The van der Waals surface area contributed by atoms with Gasteiger partial charge >= 0.3 is 5.00 Å². The van der Waals surface area contributed by atoms with Gasteiger partial charge in [0.1, 0.15) is 0 Å². The first-order valence-electron chi connectivity index (χ1n) is 6.01. The van der Waals surface area contributed by atoms with E-state index in [9.17, 15) is 10.1 Å². The van der Waals surface area contributed by atoms with E-state index in [2.05, 4.69) is 16.8 Å². The summed E-state index contributed by atoms with van der Waals surface area (Å²) in [6.45, 7) is 7.68. The molecule has 6 heteroatoms. The molecule has 1 aliphatic rings. The Morgan fingerprint density at radius 3 is 2.89 bits per heavy atom. The third-order valence-corrected chi connectivity index (χ3v) is 4.05. The molecule has 1 aromatic rings. The van der Waals surface area contributed by atoms with Gasteiger partial charge in [0, 0.05) is 43.7 Å². The third kappa shape index (κ3) is 2.95. The molecule has 0 aliphatic carbocycles. The van der Waals surface area contributed by atoms with Crippen molar-refractivity contribution < 1.29 is 4.92 Å². The van der Waals surface area contributed by atoms with E-state index in [4.69, 9.17) is 0 Å². The molecular formula is C12H17N3O2S. The van der Waals surface area contributed by atoms with Crippen LogP contribution < -0.4 is 5.32 Å². The zero-order valence-corrected chi connectivity index (χ0v) is 11.0. The van der Waals surface area contributed by atoms with Crippen LogP contribution in [0.1, 0.15) is 18.0 Å². The fraction of sp³-hybridized carbons (Fsp3) is 0.500. The summed E-state index contributed by atoms with van der Waals surface area (Å²) in [5, 5.41) is 16.2. The molecule has 0 amide bonds. The zero-order chi connectivity index (χ0) is 13.0. The van der Waals surface area contributed by atoms with Crippen molar-refractivity contribution in [3.05, 3.63) is 39.8 Å². The number of nitro groups is 1. The summed E-state index contributed by atoms with van der Waals surface area (Å²) in [7, 11) is 0. The molecule has 0 aromatic carbocycles. The molecule has 98 valence electrons. The largest absolute Gasteiger partial charge is 0.324 e.